The van der Waals surface area contributed by atoms with Gasteiger partial charge < -0.3 is 9.47 Å². The van der Waals surface area contributed by atoms with E-state index in [2.05, 4.69) is 38.6 Å². The van der Waals surface area contributed by atoms with E-state index in [1.165, 1.54) is 11.1 Å². The summed E-state index contributed by atoms with van der Waals surface area (Å²) in [7, 11) is 0. The van der Waals surface area contributed by atoms with Gasteiger partial charge in [-0.2, -0.15) is 0 Å². The van der Waals surface area contributed by atoms with Gasteiger partial charge in [0.1, 0.15) is 19.0 Å². The lowest BCUT2D eigenvalue weighted by Gasteiger charge is -2.26. The molecule has 0 bridgehead atoms. The largest absolute Gasteiger partial charge is 0.490 e. The number of hydrogen-bond donors (Lipinski definition) is 0. The molecule has 3 heteroatoms. The fraction of sp³-hybridized carbons (Fsp3) is 0.250. The predicted octanol–water partition coefficient (Wildman–Crippen LogP) is 4.12. The van der Waals surface area contributed by atoms with Gasteiger partial charge in [0.25, 0.3) is 0 Å². The minimum Gasteiger partial charge on any atom is -0.490 e. The van der Waals surface area contributed by atoms with Crippen molar-refractivity contribution in [2.75, 3.05) is 13.2 Å². The minimum absolute atomic E-state index is 0.115. The van der Waals surface area contributed by atoms with Crippen LogP contribution in [0.2, 0.25) is 0 Å². The van der Waals surface area contributed by atoms with Crippen molar-refractivity contribution in [2.45, 2.75) is 19.3 Å². The van der Waals surface area contributed by atoms with E-state index in [0.717, 1.165) is 11.8 Å². The Balaban J connectivity index is 2.05. The Morgan fingerprint density at radius 1 is 1.04 bits per heavy atom. The molecule has 0 spiro atoms. The monoisotopic (exact) mass is 310 g/mol. The standard InChI is InChI=1S/C20H22O3/c1-4-19(21)23-14-13-22-18-12-8-11-17(15-18)20(2,3)16-9-6-5-7-10-16/h4-12,15H,1,13-14H2,2-3H3. The van der Waals surface area contributed by atoms with Gasteiger partial charge in [-0.1, -0.05) is 62.9 Å². The number of ether oxygens (including phenoxy) is 2. The van der Waals surface area contributed by atoms with Crippen LogP contribution in [-0.4, -0.2) is 19.2 Å². The van der Waals surface area contributed by atoms with E-state index in [-0.39, 0.29) is 12.0 Å². The third-order valence-electron chi connectivity index (χ3n) is 3.81. The highest BCUT2D eigenvalue weighted by molar-refractivity contribution is 5.81. The smallest absolute Gasteiger partial charge is 0.330 e. The maximum atomic E-state index is 11.0. The van der Waals surface area contributed by atoms with Gasteiger partial charge in [0.05, 0.1) is 0 Å². The fourth-order valence-electron chi connectivity index (χ4n) is 2.36. The topological polar surface area (TPSA) is 35.5 Å². The van der Waals surface area contributed by atoms with Gasteiger partial charge in [-0.3, -0.25) is 0 Å². The molecule has 0 aliphatic heterocycles. The average molecular weight is 310 g/mol. The SMILES string of the molecule is C=CC(=O)OCCOc1cccc(C(C)(C)c2ccccc2)c1. The molecular formula is C20H22O3. The molecule has 2 aromatic rings. The molecule has 0 radical (unpaired) electrons. The van der Waals surface area contributed by atoms with Crippen LogP contribution in [0.1, 0.15) is 25.0 Å². The van der Waals surface area contributed by atoms with E-state index < -0.39 is 5.97 Å². The van der Waals surface area contributed by atoms with Crippen LogP contribution < -0.4 is 4.74 Å². The summed E-state index contributed by atoms with van der Waals surface area (Å²) in [5.74, 6) is 0.328. The van der Waals surface area contributed by atoms with Crippen molar-refractivity contribution in [3.05, 3.63) is 78.4 Å². The number of benzene rings is 2. The molecule has 0 fully saturated rings. The lowest BCUT2D eigenvalue weighted by Crippen LogP contribution is -2.19. The Hall–Kier alpha value is -2.55. The predicted molar refractivity (Wildman–Crippen MR) is 91.7 cm³/mol. The third-order valence-corrected chi connectivity index (χ3v) is 3.81. The molecule has 0 heterocycles. The summed E-state index contributed by atoms with van der Waals surface area (Å²) in [6, 6.07) is 18.4. The molecule has 120 valence electrons. The first-order valence-electron chi connectivity index (χ1n) is 7.62. The summed E-state index contributed by atoms with van der Waals surface area (Å²) in [5.41, 5.74) is 2.30. The highest BCUT2D eigenvalue weighted by Gasteiger charge is 2.23. The Kier molecular flexibility index (Phi) is 5.58. The van der Waals surface area contributed by atoms with Crippen molar-refractivity contribution in [2.24, 2.45) is 0 Å². The second kappa shape index (κ2) is 7.63. The quantitative estimate of drug-likeness (QED) is 0.438. The number of esters is 1. The number of carbonyl (C=O) groups excluding carboxylic acids is 1. The first kappa shape index (κ1) is 16.8. The summed E-state index contributed by atoms with van der Waals surface area (Å²) >= 11 is 0. The van der Waals surface area contributed by atoms with E-state index in [1.54, 1.807) is 0 Å². The Morgan fingerprint density at radius 3 is 2.43 bits per heavy atom. The summed E-state index contributed by atoms with van der Waals surface area (Å²) in [6.45, 7) is 8.24. The second-order valence-electron chi connectivity index (χ2n) is 5.74. The van der Waals surface area contributed by atoms with E-state index >= 15 is 0 Å². The highest BCUT2D eigenvalue weighted by atomic mass is 16.6. The number of carbonyl (C=O) groups is 1. The van der Waals surface area contributed by atoms with Crippen molar-refractivity contribution < 1.29 is 14.3 Å². The Labute approximate surface area is 137 Å². The first-order chi connectivity index (χ1) is 11.0. The van der Waals surface area contributed by atoms with E-state index in [9.17, 15) is 4.79 Å². The molecule has 0 saturated heterocycles. The zero-order valence-corrected chi connectivity index (χ0v) is 13.6. The van der Waals surface area contributed by atoms with Crippen LogP contribution in [0, 0.1) is 0 Å². The number of rotatable bonds is 7. The molecule has 2 aromatic carbocycles. The average Bonchev–Trinajstić information content (AvgIpc) is 2.59. The van der Waals surface area contributed by atoms with E-state index in [1.807, 2.05) is 36.4 Å². The third kappa shape index (κ3) is 4.46. The van der Waals surface area contributed by atoms with Gasteiger partial charge in [-0.05, 0) is 23.3 Å². The molecule has 0 aromatic heterocycles. The molecular weight excluding hydrogens is 288 g/mol. The fourth-order valence-corrected chi connectivity index (χ4v) is 2.36. The normalized spacial score (nSPS) is 10.9. The maximum Gasteiger partial charge on any atom is 0.330 e. The molecule has 0 N–H and O–H groups in total. The maximum absolute atomic E-state index is 11.0. The van der Waals surface area contributed by atoms with Gasteiger partial charge in [0, 0.05) is 11.5 Å². The second-order valence-corrected chi connectivity index (χ2v) is 5.74. The summed E-state index contributed by atoms with van der Waals surface area (Å²) < 4.78 is 10.6. The van der Waals surface area contributed by atoms with Crippen LogP contribution >= 0.6 is 0 Å². The van der Waals surface area contributed by atoms with Crippen LogP contribution in [-0.2, 0) is 14.9 Å². The Bertz CT molecular complexity index is 660. The minimum atomic E-state index is -0.437. The van der Waals surface area contributed by atoms with E-state index in [0.29, 0.717) is 6.61 Å². The lowest BCUT2D eigenvalue weighted by molar-refractivity contribution is -0.138. The molecule has 0 atom stereocenters. The molecule has 0 aliphatic rings. The molecule has 0 amide bonds. The summed E-state index contributed by atoms with van der Waals surface area (Å²) in [4.78, 5) is 11.0. The van der Waals surface area contributed by atoms with Crippen molar-refractivity contribution in [3.63, 3.8) is 0 Å². The van der Waals surface area contributed by atoms with Gasteiger partial charge in [-0.25, -0.2) is 4.79 Å². The molecule has 0 saturated carbocycles. The van der Waals surface area contributed by atoms with Crippen LogP contribution in [0.4, 0.5) is 0 Å². The van der Waals surface area contributed by atoms with Gasteiger partial charge in [0.15, 0.2) is 0 Å². The van der Waals surface area contributed by atoms with Crippen LogP contribution in [0.3, 0.4) is 0 Å². The van der Waals surface area contributed by atoms with Crippen molar-refractivity contribution in [1.29, 1.82) is 0 Å². The van der Waals surface area contributed by atoms with Gasteiger partial charge in [-0.15, -0.1) is 0 Å². The van der Waals surface area contributed by atoms with E-state index in [4.69, 9.17) is 9.47 Å². The summed E-state index contributed by atoms with van der Waals surface area (Å²) in [5, 5.41) is 0. The zero-order valence-electron chi connectivity index (χ0n) is 13.6. The molecule has 0 unspecified atom stereocenters. The first-order valence-corrected chi connectivity index (χ1v) is 7.62. The van der Waals surface area contributed by atoms with Crippen LogP contribution in [0.15, 0.2) is 67.3 Å². The molecule has 23 heavy (non-hydrogen) atoms. The van der Waals surface area contributed by atoms with Crippen molar-refractivity contribution >= 4 is 5.97 Å². The Morgan fingerprint density at radius 2 is 1.74 bits per heavy atom. The lowest BCUT2D eigenvalue weighted by atomic mass is 9.78. The van der Waals surface area contributed by atoms with Gasteiger partial charge in [0.2, 0.25) is 0 Å². The van der Waals surface area contributed by atoms with Crippen LogP contribution in [0.25, 0.3) is 0 Å². The van der Waals surface area contributed by atoms with Crippen molar-refractivity contribution in [3.8, 4) is 5.75 Å². The van der Waals surface area contributed by atoms with Crippen molar-refractivity contribution in [1.82, 2.24) is 0 Å². The highest BCUT2D eigenvalue weighted by Crippen LogP contribution is 2.32. The molecule has 3 nitrogen and oxygen atoms in total. The molecule has 0 aliphatic carbocycles. The molecule has 2 rings (SSSR count). The number of hydrogen-bond acceptors (Lipinski definition) is 3. The van der Waals surface area contributed by atoms with Crippen LogP contribution in [0.5, 0.6) is 5.75 Å². The summed E-state index contributed by atoms with van der Waals surface area (Å²) in [6.07, 6.45) is 1.14. The van der Waals surface area contributed by atoms with Gasteiger partial charge >= 0.3 is 5.97 Å². The zero-order chi connectivity index (χ0) is 16.7.